The predicted octanol–water partition coefficient (Wildman–Crippen LogP) is 4.22. The van der Waals surface area contributed by atoms with Crippen LogP contribution < -0.4 is 5.32 Å². The van der Waals surface area contributed by atoms with E-state index in [9.17, 15) is 9.18 Å². The summed E-state index contributed by atoms with van der Waals surface area (Å²) in [6.07, 6.45) is 0. The van der Waals surface area contributed by atoms with Crippen LogP contribution in [-0.2, 0) is 11.3 Å². The minimum atomic E-state index is -0.254. The first kappa shape index (κ1) is 18.3. The van der Waals surface area contributed by atoms with Gasteiger partial charge >= 0.3 is 0 Å². The molecule has 1 heterocycles. The number of carbonyl (C=O) groups excluding carboxylic acids is 1. The van der Waals surface area contributed by atoms with Crippen molar-refractivity contribution in [1.29, 1.82) is 0 Å². The van der Waals surface area contributed by atoms with Gasteiger partial charge in [-0.1, -0.05) is 48.5 Å². The van der Waals surface area contributed by atoms with Gasteiger partial charge in [-0.15, -0.1) is 11.3 Å². The first-order chi connectivity index (χ1) is 12.6. The molecule has 0 aliphatic carbocycles. The molecule has 1 aromatic heterocycles. The van der Waals surface area contributed by atoms with Crippen LogP contribution >= 0.6 is 11.3 Å². The highest BCUT2D eigenvalue weighted by Gasteiger charge is 2.18. The summed E-state index contributed by atoms with van der Waals surface area (Å²) in [6.45, 7) is 0.856. The second-order valence-electron chi connectivity index (χ2n) is 6.23. The lowest BCUT2D eigenvalue weighted by Gasteiger charge is -2.21. The SMILES string of the molecule is CN(CC(=O)N[C@@H](c1ccccc1)c1cccs1)Cc1ccc(F)cc1. The van der Waals surface area contributed by atoms with E-state index < -0.39 is 0 Å². The molecule has 26 heavy (non-hydrogen) atoms. The fourth-order valence-electron chi connectivity index (χ4n) is 2.83. The zero-order valence-corrected chi connectivity index (χ0v) is 15.4. The maximum absolute atomic E-state index is 13.0. The van der Waals surface area contributed by atoms with Gasteiger partial charge in [0.1, 0.15) is 5.82 Å². The average molecular weight is 368 g/mol. The number of hydrogen-bond acceptors (Lipinski definition) is 3. The molecule has 3 nitrogen and oxygen atoms in total. The van der Waals surface area contributed by atoms with Crippen molar-refractivity contribution in [2.24, 2.45) is 0 Å². The highest BCUT2D eigenvalue weighted by atomic mass is 32.1. The Morgan fingerprint density at radius 2 is 1.81 bits per heavy atom. The number of thiophene rings is 1. The molecule has 0 saturated heterocycles. The van der Waals surface area contributed by atoms with Crippen molar-refractivity contribution in [3.05, 3.63) is 93.9 Å². The van der Waals surface area contributed by atoms with E-state index in [0.717, 1.165) is 16.0 Å². The maximum atomic E-state index is 13.0. The smallest absolute Gasteiger partial charge is 0.234 e. The standard InChI is InChI=1S/C21H21FN2OS/c1-24(14-16-9-11-18(22)12-10-16)15-20(25)23-21(19-8-5-13-26-19)17-6-3-2-4-7-17/h2-13,21H,14-15H2,1H3,(H,23,25)/t21-/m0/s1. The molecule has 1 atom stereocenters. The Bertz CT molecular complexity index is 819. The van der Waals surface area contributed by atoms with E-state index in [1.807, 2.05) is 59.8 Å². The summed E-state index contributed by atoms with van der Waals surface area (Å²) < 4.78 is 13.0. The van der Waals surface area contributed by atoms with E-state index in [-0.39, 0.29) is 24.3 Å². The number of nitrogens with one attached hydrogen (secondary N) is 1. The minimum absolute atomic E-state index is 0.0446. The van der Waals surface area contributed by atoms with Crippen molar-refractivity contribution in [2.45, 2.75) is 12.6 Å². The molecule has 2 aromatic carbocycles. The summed E-state index contributed by atoms with van der Waals surface area (Å²) in [5, 5.41) is 5.14. The van der Waals surface area contributed by atoms with Crippen LogP contribution in [0, 0.1) is 5.82 Å². The molecule has 0 fully saturated rings. The van der Waals surface area contributed by atoms with E-state index in [0.29, 0.717) is 6.54 Å². The summed E-state index contributed by atoms with van der Waals surface area (Å²) in [7, 11) is 1.88. The number of amides is 1. The second kappa shape index (κ2) is 8.74. The van der Waals surface area contributed by atoms with Gasteiger partial charge in [-0.3, -0.25) is 9.69 Å². The third-order valence-corrected chi connectivity index (χ3v) is 4.98. The number of likely N-dealkylation sites (N-methyl/N-ethyl adjacent to an activating group) is 1. The van der Waals surface area contributed by atoms with Crippen LogP contribution in [-0.4, -0.2) is 24.4 Å². The monoisotopic (exact) mass is 368 g/mol. The normalized spacial score (nSPS) is 12.1. The Morgan fingerprint density at radius 3 is 2.46 bits per heavy atom. The summed E-state index contributed by atoms with van der Waals surface area (Å²) in [6, 6.07) is 20.2. The molecule has 3 aromatic rings. The number of benzene rings is 2. The molecule has 0 aliphatic rings. The highest BCUT2D eigenvalue weighted by Crippen LogP contribution is 2.25. The van der Waals surface area contributed by atoms with Gasteiger partial charge in [0.05, 0.1) is 12.6 Å². The van der Waals surface area contributed by atoms with Crippen LogP contribution in [0.4, 0.5) is 4.39 Å². The molecule has 134 valence electrons. The molecular formula is C21H21FN2OS. The topological polar surface area (TPSA) is 32.3 Å². The Labute approximate surface area is 157 Å². The fourth-order valence-corrected chi connectivity index (χ4v) is 3.63. The predicted molar refractivity (Wildman–Crippen MR) is 103 cm³/mol. The van der Waals surface area contributed by atoms with Gasteiger partial charge in [-0.25, -0.2) is 4.39 Å². The molecule has 0 saturated carbocycles. The van der Waals surface area contributed by atoms with Gasteiger partial charge < -0.3 is 5.32 Å². The van der Waals surface area contributed by atoms with Crippen molar-refractivity contribution >= 4 is 17.2 Å². The van der Waals surface area contributed by atoms with Gasteiger partial charge in [-0.2, -0.15) is 0 Å². The molecule has 0 spiro atoms. The molecule has 0 radical (unpaired) electrons. The highest BCUT2D eigenvalue weighted by molar-refractivity contribution is 7.10. The minimum Gasteiger partial charge on any atom is -0.343 e. The quantitative estimate of drug-likeness (QED) is 0.677. The largest absolute Gasteiger partial charge is 0.343 e. The molecule has 0 bridgehead atoms. The number of rotatable bonds is 7. The first-order valence-electron chi connectivity index (χ1n) is 8.42. The molecule has 1 amide bonds. The average Bonchev–Trinajstić information content (AvgIpc) is 3.17. The van der Waals surface area contributed by atoms with Crippen molar-refractivity contribution in [1.82, 2.24) is 10.2 Å². The Balaban J connectivity index is 1.63. The summed E-state index contributed by atoms with van der Waals surface area (Å²) in [5.41, 5.74) is 2.03. The van der Waals surface area contributed by atoms with Crippen LogP contribution in [0.2, 0.25) is 0 Å². The third kappa shape index (κ3) is 5.00. The summed E-state index contributed by atoms with van der Waals surface area (Å²) in [4.78, 5) is 15.6. The van der Waals surface area contributed by atoms with Crippen LogP contribution in [0.1, 0.15) is 22.0 Å². The van der Waals surface area contributed by atoms with Crippen LogP contribution in [0.25, 0.3) is 0 Å². The molecule has 5 heteroatoms. The third-order valence-electron chi connectivity index (χ3n) is 4.05. The number of hydrogen-bond donors (Lipinski definition) is 1. The number of nitrogens with zero attached hydrogens (tertiary/aromatic N) is 1. The molecule has 3 rings (SSSR count). The molecule has 0 unspecified atom stereocenters. The number of carbonyl (C=O) groups is 1. The summed E-state index contributed by atoms with van der Waals surface area (Å²) in [5.74, 6) is -0.298. The number of halogens is 1. The van der Waals surface area contributed by atoms with E-state index in [1.165, 1.54) is 12.1 Å². The van der Waals surface area contributed by atoms with Gasteiger partial charge in [0, 0.05) is 11.4 Å². The lowest BCUT2D eigenvalue weighted by atomic mass is 10.1. The van der Waals surface area contributed by atoms with E-state index in [4.69, 9.17) is 0 Å². The molecule has 0 aliphatic heterocycles. The van der Waals surface area contributed by atoms with Crippen LogP contribution in [0.15, 0.2) is 72.1 Å². The van der Waals surface area contributed by atoms with Gasteiger partial charge in [0.25, 0.3) is 0 Å². The Hall–Kier alpha value is -2.50. The zero-order chi connectivity index (χ0) is 18.4. The molecule has 1 N–H and O–H groups in total. The zero-order valence-electron chi connectivity index (χ0n) is 14.6. The molecular weight excluding hydrogens is 347 g/mol. The fraction of sp³-hybridized carbons (Fsp3) is 0.190. The van der Waals surface area contributed by atoms with Crippen molar-refractivity contribution in [3.63, 3.8) is 0 Å². The van der Waals surface area contributed by atoms with Crippen LogP contribution in [0.3, 0.4) is 0 Å². The van der Waals surface area contributed by atoms with Crippen molar-refractivity contribution in [3.8, 4) is 0 Å². The van der Waals surface area contributed by atoms with Gasteiger partial charge in [0.2, 0.25) is 5.91 Å². The lowest BCUT2D eigenvalue weighted by Crippen LogP contribution is -2.37. The van der Waals surface area contributed by atoms with Gasteiger partial charge in [0.15, 0.2) is 0 Å². The second-order valence-corrected chi connectivity index (χ2v) is 7.20. The van der Waals surface area contributed by atoms with E-state index in [1.54, 1.807) is 23.5 Å². The van der Waals surface area contributed by atoms with Crippen LogP contribution in [0.5, 0.6) is 0 Å². The van der Waals surface area contributed by atoms with E-state index in [2.05, 4.69) is 5.32 Å². The van der Waals surface area contributed by atoms with Crippen molar-refractivity contribution < 1.29 is 9.18 Å². The van der Waals surface area contributed by atoms with Gasteiger partial charge in [-0.05, 0) is 41.8 Å². The van der Waals surface area contributed by atoms with E-state index >= 15 is 0 Å². The van der Waals surface area contributed by atoms with Crippen molar-refractivity contribution in [2.75, 3.05) is 13.6 Å². The Morgan fingerprint density at radius 1 is 1.08 bits per heavy atom. The Kier molecular flexibility index (Phi) is 6.15. The first-order valence-corrected chi connectivity index (χ1v) is 9.30. The lowest BCUT2D eigenvalue weighted by molar-refractivity contribution is -0.122. The summed E-state index contributed by atoms with van der Waals surface area (Å²) >= 11 is 1.63. The maximum Gasteiger partial charge on any atom is 0.234 e.